The second-order valence-corrected chi connectivity index (χ2v) is 5.67. The number of benzene rings is 2. The maximum atomic E-state index is 11.9. The highest BCUT2D eigenvalue weighted by molar-refractivity contribution is 5.77. The molecule has 1 amide bonds. The van der Waals surface area contributed by atoms with E-state index in [1.54, 1.807) is 24.3 Å². The number of nitrogens with one attached hydrogen (secondary N) is 1. The first-order valence-electron chi connectivity index (χ1n) is 8.03. The molecule has 0 unspecified atom stereocenters. The fraction of sp³-hybridized carbons (Fsp3) is 0.211. The van der Waals surface area contributed by atoms with Gasteiger partial charge in [-0.3, -0.25) is 4.79 Å². The second kappa shape index (κ2) is 8.10. The van der Waals surface area contributed by atoms with Gasteiger partial charge in [-0.05, 0) is 35.7 Å². The Morgan fingerprint density at radius 2 is 1.92 bits per heavy atom. The van der Waals surface area contributed by atoms with Crippen LogP contribution in [-0.2, 0) is 4.79 Å². The summed E-state index contributed by atoms with van der Waals surface area (Å²) in [6.07, 6.45) is 1.28. The van der Waals surface area contributed by atoms with Gasteiger partial charge in [-0.15, -0.1) is 10.2 Å². The first-order valence-corrected chi connectivity index (χ1v) is 8.03. The van der Waals surface area contributed by atoms with E-state index in [-0.39, 0.29) is 18.4 Å². The molecule has 6 nitrogen and oxygen atoms in total. The number of carbonyl (C=O) groups excluding carboxylic acids is 1. The largest absolute Gasteiger partial charge is 0.484 e. The van der Waals surface area contributed by atoms with Crippen LogP contribution in [0.2, 0.25) is 0 Å². The molecule has 1 heterocycles. The van der Waals surface area contributed by atoms with Crippen molar-refractivity contribution in [2.24, 2.45) is 0 Å². The van der Waals surface area contributed by atoms with Gasteiger partial charge in [0.1, 0.15) is 5.75 Å². The van der Waals surface area contributed by atoms with Crippen molar-refractivity contribution in [2.45, 2.75) is 12.8 Å². The number of rotatable bonds is 7. The van der Waals surface area contributed by atoms with Gasteiger partial charge in [-0.2, -0.15) is 0 Å². The van der Waals surface area contributed by atoms with Gasteiger partial charge in [-0.1, -0.05) is 37.3 Å². The van der Waals surface area contributed by atoms with Crippen molar-refractivity contribution in [1.82, 2.24) is 15.5 Å². The minimum Gasteiger partial charge on any atom is -0.484 e. The number of aromatic nitrogens is 2. The molecule has 3 aromatic rings. The van der Waals surface area contributed by atoms with Gasteiger partial charge in [0, 0.05) is 12.1 Å². The number of ether oxygens (including phenoxy) is 1. The van der Waals surface area contributed by atoms with Gasteiger partial charge in [-0.25, -0.2) is 0 Å². The van der Waals surface area contributed by atoms with Crippen LogP contribution in [0.15, 0.2) is 65.4 Å². The van der Waals surface area contributed by atoms with Crippen LogP contribution in [0.25, 0.3) is 11.5 Å². The molecule has 3 rings (SSSR count). The van der Waals surface area contributed by atoms with Crippen molar-refractivity contribution < 1.29 is 13.9 Å². The van der Waals surface area contributed by atoms with Crippen molar-refractivity contribution in [1.29, 1.82) is 0 Å². The van der Waals surface area contributed by atoms with Gasteiger partial charge in [0.2, 0.25) is 12.3 Å². The first kappa shape index (κ1) is 16.7. The predicted octanol–water partition coefficient (Wildman–Crippen LogP) is 3.04. The molecule has 1 atom stereocenters. The SMILES string of the molecule is C[C@H](CNC(=O)COc1ccc(-c2nnco2)cc1)c1ccccc1. The predicted molar refractivity (Wildman–Crippen MR) is 93.1 cm³/mol. The van der Waals surface area contributed by atoms with Crippen molar-refractivity contribution in [3.8, 4) is 17.2 Å². The third-order valence-corrected chi connectivity index (χ3v) is 3.81. The Bertz CT molecular complexity index is 787. The summed E-state index contributed by atoms with van der Waals surface area (Å²) in [5, 5.41) is 10.4. The van der Waals surface area contributed by atoms with E-state index in [1.165, 1.54) is 12.0 Å². The van der Waals surface area contributed by atoms with Crippen LogP contribution in [0.1, 0.15) is 18.4 Å². The van der Waals surface area contributed by atoms with Crippen molar-refractivity contribution in [3.63, 3.8) is 0 Å². The molecule has 0 saturated carbocycles. The van der Waals surface area contributed by atoms with E-state index in [0.717, 1.165) is 5.56 Å². The molecule has 128 valence electrons. The van der Waals surface area contributed by atoms with E-state index in [2.05, 4.69) is 34.6 Å². The molecule has 0 radical (unpaired) electrons. The summed E-state index contributed by atoms with van der Waals surface area (Å²) in [6.45, 7) is 2.62. The molecule has 1 N–H and O–H groups in total. The molecular formula is C19H19N3O3. The summed E-state index contributed by atoms with van der Waals surface area (Å²) >= 11 is 0. The minimum absolute atomic E-state index is 0.0264. The van der Waals surface area contributed by atoms with E-state index in [9.17, 15) is 4.79 Å². The van der Waals surface area contributed by atoms with Crippen LogP contribution in [-0.4, -0.2) is 29.3 Å². The van der Waals surface area contributed by atoms with E-state index >= 15 is 0 Å². The summed E-state index contributed by atoms with van der Waals surface area (Å²) < 4.78 is 10.6. The van der Waals surface area contributed by atoms with Gasteiger partial charge in [0.25, 0.3) is 5.91 Å². The second-order valence-electron chi connectivity index (χ2n) is 5.67. The Morgan fingerprint density at radius 3 is 2.60 bits per heavy atom. The molecule has 25 heavy (non-hydrogen) atoms. The fourth-order valence-corrected chi connectivity index (χ4v) is 2.36. The van der Waals surface area contributed by atoms with Crippen LogP contribution in [0.4, 0.5) is 0 Å². The van der Waals surface area contributed by atoms with Crippen LogP contribution in [0.5, 0.6) is 5.75 Å². The molecule has 0 saturated heterocycles. The zero-order valence-corrected chi connectivity index (χ0v) is 13.9. The lowest BCUT2D eigenvalue weighted by Gasteiger charge is -2.13. The highest BCUT2D eigenvalue weighted by Crippen LogP contribution is 2.20. The number of nitrogens with zero attached hydrogens (tertiary/aromatic N) is 2. The molecule has 0 fully saturated rings. The quantitative estimate of drug-likeness (QED) is 0.717. The highest BCUT2D eigenvalue weighted by atomic mass is 16.5. The summed E-state index contributed by atoms with van der Waals surface area (Å²) in [5.41, 5.74) is 1.99. The van der Waals surface area contributed by atoms with Crippen molar-refractivity contribution in [2.75, 3.05) is 13.2 Å². The average Bonchev–Trinajstić information content (AvgIpc) is 3.20. The van der Waals surface area contributed by atoms with Gasteiger partial charge in [0.05, 0.1) is 0 Å². The van der Waals surface area contributed by atoms with Crippen LogP contribution >= 0.6 is 0 Å². The molecule has 1 aromatic heterocycles. The summed E-state index contributed by atoms with van der Waals surface area (Å²) in [4.78, 5) is 11.9. The van der Waals surface area contributed by atoms with E-state index in [1.807, 2.05) is 18.2 Å². The van der Waals surface area contributed by atoms with Crippen molar-refractivity contribution in [3.05, 3.63) is 66.6 Å². The fourth-order valence-electron chi connectivity index (χ4n) is 2.36. The topological polar surface area (TPSA) is 77.2 Å². The Kier molecular flexibility index (Phi) is 5.41. The maximum absolute atomic E-state index is 11.9. The zero-order valence-electron chi connectivity index (χ0n) is 13.9. The Morgan fingerprint density at radius 1 is 1.16 bits per heavy atom. The number of hydrogen-bond acceptors (Lipinski definition) is 5. The molecule has 0 spiro atoms. The summed E-state index contributed by atoms with van der Waals surface area (Å²) in [6, 6.07) is 17.2. The lowest BCUT2D eigenvalue weighted by molar-refractivity contribution is -0.123. The standard InChI is InChI=1S/C19H19N3O3/c1-14(15-5-3-2-4-6-15)11-20-18(23)12-24-17-9-7-16(8-10-17)19-22-21-13-25-19/h2-10,13-14H,11-12H2,1H3,(H,20,23)/t14-/m1/s1. The molecule has 6 heteroatoms. The summed E-state index contributed by atoms with van der Waals surface area (Å²) in [7, 11) is 0. The molecule has 2 aromatic carbocycles. The van der Waals surface area contributed by atoms with Gasteiger partial charge >= 0.3 is 0 Å². The van der Waals surface area contributed by atoms with Crippen molar-refractivity contribution >= 4 is 5.91 Å². The van der Waals surface area contributed by atoms with Crippen LogP contribution in [0, 0.1) is 0 Å². The summed E-state index contributed by atoms with van der Waals surface area (Å²) in [5.74, 6) is 1.15. The van der Waals surface area contributed by atoms with Gasteiger partial charge in [0.15, 0.2) is 6.61 Å². The van der Waals surface area contributed by atoms with E-state index in [4.69, 9.17) is 9.15 Å². The van der Waals surface area contributed by atoms with Crippen LogP contribution in [0.3, 0.4) is 0 Å². The van der Waals surface area contributed by atoms with E-state index < -0.39 is 0 Å². The third-order valence-electron chi connectivity index (χ3n) is 3.81. The van der Waals surface area contributed by atoms with E-state index in [0.29, 0.717) is 18.2 Å². The van der Waals surface area contributed by atoms with Gasteiger partial charge < -0.3 is 14.5 Å². The lowest BCUT2D eigenvalue weighted by atomic mass is 10.0. The third kappa shape index (κ3) is 4.67. The van der Waals surface area contributed by atoms with Crippen LogP contribution < -0.4 is 10.1 Å². The molecule has 0 aliphatic rings. The molecule has 0 aliphatic heterocycles. The molecular weight excluding hydrogens is 318 g/mol. The molecule has 0 bridgehead atoms. The molecule has 0 aliphatic carbocycles. The average molecular weight is 337 g/mol. The number of carbonyl (C=O) groups is 1. The smallest absolute Gasteiger partial charge is 0.257 e. The zero-order chi connectivity index (χ0) is 17.5. The Labute approximate surface area is 145 Å². The first-order chi connectivity index (χ1) is 12.2. The Hall–Kier alpha value is -3.15. The number of amides is 1. The number of hydrogen-bond donors (Lipinski definition) is 1. The normalized spacial score (nSPS) is 11.7. The lowest BCUT2D eigenvalue weighted by Crippen LogP contribution is -2.31. The highest BCUT2D eigenvalue weighted by Gasteiger charge is 2.09. The Balaban J connectivity index is 1.44. The minimum atomic E-state index is -0.149. The monoisotopic (exact) mass is 337 g/mol. The maximum Gasteiger partial charge on any atom is 0.257 e.